The maximum absolute atomic E-state index is 11.9. The Labute approximate surface area is 113 Å². The van der Waals surface area contributed by atoms with E-state index < -0.39 is 10.0 Å². The van der Waals surface area contributed by atoms with Gasteiger partial charge in [-0.3, -0.25) is 0 Å². The number of nitrogens with zero attached hydrogens (tertiary/aromatic N) is 3. The first-order valence-electron chi connectivity index (χ1n) is 4.60. The molecule has 7 nitrogen and oxygen atoms in total. The summed E-state index contributed by atoms with van der Waals surface area (Å²) in [5.74, 6) is -0.222. The van der Waals surface area contributed by atoms with Crippen molar-refractivity contribution >= 4 is 43.2 Å². The van der Waals surface area contributed by atoms with E-state index >= 15 is 0 Å². The van der Waals surface area contributed by atoms with Gasteiger partial charge in [-0.25, -0.2) is 17.8 Å². The van der Waals surface area contributed by atoms with Crippen molar-refractivity contribution in [1.29, 1.82) is 0 Å². The van der Waals surface area contributed by atoms with E-state index in [1.807, 2.05) is 0 Å². The lowest BCUT2D eigenvalue weighted by molar-refractivity contribution is 0.555. The van der Waals surface area contributed by atoms with Crippen molar-refractivity contribution in [3.63, 3.8) is 0 Å². The molecule has 0 bridgehead atoms. The number of hydrogen-bond acceptors (Lipinski definition) is 5. The molecule has 17 heavy (non-hydrogen) atoms. The highest BCUT2D eigenvalue weighted by Gasteiger charge is 2.24. The van der Waals surface area contributed by atoms with Crippen LogP contribution in [0, 0.1) is 5.92 Å². The van der Waals surface area contributed by atoms with Gasteiger partial charge in [-0.05, 0) is 15.9 Å². The molecule has 0 aliphatic heterocycles. The topological polar surface area (TPSA) is 103 Å². The molecular formula is C7H12BrN5O2S2. The maximum atomic E-state index is 11.9. The molecule has 0 saturated heterocycles. The summed E-state index contributed by atoms with van der Waals surface area (Å²) >= 11 is 7.79. The molecule has 0 aliphatic rings. The quantitative estimate of drug-likeness (QED) is 0.717. The first kappa shape index (κ1) is 14.5. The zero-order chi connectivity index (χ0) is 13.2. The predicted molar refractivity (Wildman–Crippen MR) is 69.8 cm³/mol. The van der Waals surface area contributed by atoms with E-state index in [4.69, 9.17) is 18.0 Å². The molecule has 0 aliphatic carbocycles. The van der Waals surface area contributed by atoms with Gasteiger partial charge in [0.15, 0.2) is 4.60 Å². The highest BCUT2D eigenvalue weighted by Crippen LogP contribution is 2.17. The Kier molecular flexibility index (Phi) is 4.58. The van der Waals surface area contributed by atoms with Gasteiger partial charge in [-0.15, -0.1) is 5.10 Å². The monoisotopic (exact) mass is 341 g/mol. The summed E-state index contributed by atoms with van der Waals surface area (Å²) in [5.41, 5.74) is 5.40. The Morgan fingerprint density at radius 1 is 1.71 bits per heavy atom. The number of hydrogen-bond donors (Lipinski definition) is 2. The molecule has 0 saturated carbocycles. The highest BCUT2D eigenvalue weighted by molar-refractivity contribution is 9.10. The third-order valence-corrected chi connectivity index (χ3v) is 4.77. The molecule has 96 valence electrons. The van der Waals surface area contributed by atoms with Crippen LogP contribution in [0.25, 0.3) is 0 Å². The number of rotatable bonds is 5. The standard InChI is InChI=1S/C7H12BrN5O2S2/c1-4(6(9)16)3-10-17(14,15)7-5(8)11-12-13(7)2/h4,10H,3H2,1-2H3,(H2,9,16). The SMILES string of the molecule is CC(CNS(=O)(=O)c1c(Br)nnn1C)C(N)=S. The molecule has 0 amide bonds. The second-order valence-corrected chi connectivity index (χ2v) is 6.37. The molecule has 0 fully saturated rings. The van der Waals surface area contributed by atoms with Gasteiger partial charge in [0.2, 0.25) is 5.03 Å². The molecule has 10 heteroatoms. The number of aromatic nitrogens is 3. The third kappa shape index (κ3) is 3.44. The molecule has 0 radical (unpaired) electrons. The number of nitrogens with one attached hydrogen (secondary N) is 1. The van der Waals surface area contributed by atoms with Crippen LogP contribution in [0.15, 0.2) is 9.63 Å². The minimum Gasteiger partial charge on any atom is -0.393 e. The Balaban J connectivity index is 2.87. The third-order valence-electron chi connectivity index (χ3n) is 2.06. The van der Waals surface area contributed by atoms with Gasteiger partial charge in [0, 0.05) is 19.5 Å². The molecule has 1 unspecified atom stereocenters. The highest BCUT2D eigenvalue weighted by atomic mass is 79.9. The van der Waals surface area contributed by atoms with Crippen LogP contribution in [-0.2, 0) is 17.1 Å². The molecule has 3 N–H and O–H groups in total. The summed E-state index contributed by atoms with van der Waals surface area (Å²) in [5, 5.41) is 7.16. The van der Waals surface area contributed by atoms with Crippen LogP contribution in [0.3, 0.4) is 0 Å². The number of halogens is 1. The summed E-state index contributed by atoms with van der Waals surface area (Å²) in [6.07, 6.45) is 0. The van der Waals surface area contributed by atoms with Crippen LogP contribution < -0.4 is 10.5 Å². The zero-order valence-electron chi connectivity index (χ0n) is 9.21. The average molecular weight is 342 g/mol. The first-order chi connectivity index (χ1) is 7.75. The predicted octanol–water partition coefficient (Wildman–Crippen LogP) is -0.222. The van der Waals surface area contributed by atoms with Crippen molar-refractivity contribution in [3.8, 4) is 0 Å². The molecule has 1 heterocycles. The fourth-order valence-corrected chi connectivity index (χ4v) is 3.31. The molecule has 1 aromatic rings. The van der Waals surface area contributed by atoms with Gasteiger partial charge in [0.25, 0.3) is 10.0 Å². The van der Waals surface area contributed by atoms with E-state index in [0.717, 1.165) is 4.68 Å². The lowest BCUT2D eigenvalue weighted by Crippen LogP contribution is -2.34. The van der Waals surface area contributed by atoms with Gasteiger partial charge >= 0.3 is 0 Å². The van der Waals surface area contributed by atoms with Crippen molar-refractivity contribution in [2.45, 2.75) is 11.9 Å². The minimum atomic E-state index is -3.68. The van der Waals surface area contributed by atoms with E-state index in [0.29, 0.717) is 0 Å². The van der Waals surface area contributed by atoms with Crippen molar-refractivity contribution in [1.82, 2.24) is 19.7 Å². The van der Waals surface area contributed by atoms with Gasteiger partial charge in [-0.2, -0.15) is 0 Å². The van der Waals surface area contributed by atoms with Crippen molar-refractivity contribution in [2.75, 3.05) is 6.54 Å². The van der Waals surface area contributed by atoms with Gasteiger partial charge in [0.1, 0.15) is 0 Å². The van der Waals surface area contributed by atoms with E-state index in [-0.39, 0.29) is 27.1 Å². The second-order valence-electron chi connectivity index (χ2n) is 3.46. The summed E-state index contributed by atoms with van der Waals surface area (Å²) in [6, 6.07) is 0. The average Bonchev–Trinajstić information content (AvgIpc) is 2.55. The largest absolute Gasteiger partial charge is 0.393 e. The summed E-state index contributed by atoms with van der Waals surface area (Å²) < 4.78 is 27.6. The fraction of sp³-hybridized carbons (Fsp3) is 0.571. The fourth-order valence-electron chi connectivity index (χ4n) is 1.01. The first-order valence-corrected chi connectivity index (χ1v) is 7.28. The van der Waals surface area contributed by atoms with Crippen molar-refractivity contribution < 1.29 is 8.42 Å². The summed E-state index contributed by atoms with van der Waals surface area (Å²) in [4.78, 5) is 0.259. The van der Waals surface area contributed by atoms with Crippen LogP contribution in [0.2, 0.25) is 0 Å². The molecular weight excluding hydrogens is 330 g/mol. The summed E-state index contributed by atoms with van der Waals surface area (Å²) in [7, 11) is -2.19. The van der Waals surface area contributed by atoms with Gasteiger partial charge in [-0.1, -0.05) is 24.4 Å². The molecule has 1 atom stereocenters. The Bertz CT molecular complexity index is 507. The van der Waals surface area contributed by atoms with Gasteiger partial charge < -0.3 is 5.73 Å². The van der Waals surface area contributed by atoms with Crippen molar-refractivity contribution in [2.24, 2.45) is 18.7 Å². The number of aryl methyl sites for hydroxylation is 1. The van der Waals surface area contributed by atoms with Gasteiger partial charge in [0.05, 0.1) is 4.99 Å². The zero-order valence-corrected chi connectivity index (χ0v) is 12.4. The molecule has 1 rings (SSSR count). The van der Waals surface area contributed by atoms with Crippen molar-refractivity contribution in [3.05, 3.63) is 4.60 Å². The maximum Gasteiger partial charge on any atom is 0.260 e. The van der Waals surface area contributed by atoms with Crippen LogP contribution in [0.4, 0.5) is 0 Å². The van der Waals surface area contributed by atoms with E-state index in [2.05, 4.69) is 31.0 Å². The number of thiocarbonyl (C=S) groups is 1. The number of nitrogens with two attached hydrogens (primary N) is 1. The Morgan fingerprint density at radius 3 is 2.71 bits per heavy atom. The van der Waals surface area contributed by atoms with Crippen LogP contribution in [0.5, 0.6) is 0 Å². The van der Waals surface area contributed by atoms with E-state index in [1.165, 1.54) is 7.05 Å². The van der Waals surface area contributed by atoms with Crippen LogP contribution in [0.1, 0.15) is 6.92 Å². The Hall–Kier alpha value is -0.580. The van der Waals surface area contributed by atoms with E-state index in [9.17, 15) is 8.42 Å². The summed E-state index contributed by atoms with van der Waals surface area (Å²) in [6.45, 7) is 1.87. The molecule has 0 aromatic carbocycles. The molecule has 1 aromatic heterocycles. The number of sulfonamides is 1. The second kappa shape index (κ2) is 5.38. The van der Waals surface area contributed by atoms with E-state index in [1.54, 1.807) is 6.92 Å². The smallest absolute Gasteiger partial charge is 0.260 e. The normalized spacial score (nSPS) is 13.6. The van der Waals surface area contributed by atoms with Crippen LogP contribution in [-0.4, -0.2) is 34.9 Å². The van der Waals surface area contributed by atoms with Crippen LogP contribution >= 0.6 is 28.1 Å². The lowest BCUT2D eigenvalue weighted by Gasteiger charge is -2.11. The minimum absolute atomic E-state index is 0.0346. The Morgan fingerprint density at radius 2 is 2.29 bits per heavy atom. The molecule has 0 spiro atoms. The lowest BCUT2D eigenvalue weighted by atomic mass is 10.2.